The summed E-state index contributed by atoms with van der Waals surface area (Å²) in [4.78, 5) is 16.5. The Hall–Kier alpha value is -4.80. The lowest BCUT2D eigenvalue weighted by Gasteiger charge is -2.32. The molecule has 4 aromatic heterocycles. The van der Waals surface area contributed by atoms with Gasteiger partial charge in [-0.3, -0.25) is 9.08 Å². The molecule has 6 rings (SSSR count). The fraction of sp³-hybridized carbons (Fsp3) is 0.310. The molecule has 0 spiro atoms. The van der Waals surface area contributed by atoms with Gasteiger partial charge < -0.3 is 9.64 Å². The van der Waals surface area contributed by atoms with Crippen LogP contribution in [-0.4, -0.2) is 60.3 Å². The van der Waals surface area contributed by atoms with Gasteiger partial charge >= 0.3 is 0 Å². The molecule has 5 heterocycles. The first-order valence-corrected chi connectivity index (χ1v) is 13.0. The predicted molar refractivity (Wildman–Crippen MR) is 146 cm³/mol. The van der Waals surface area contributed by atoms with Crippen LogP contribution in [0.15, 0.2) is 55.2 Å². The molecule has 0 saturated carbocycles. The zero-order chi connectivity index (χ0) is 26.8. The topological polar surface area (TPSA) is 121 Å². The lowest BCUT2D eigenvalue weighted by molar-refractivity contribution is 0.130. The van der Waals surface area contributed by atoms with Crippen LogP contribution in [-0.2, 0) is 7.05 Å². The van der Waals surface area contributed by atoms with Gasteiger partial charge in [0.25, 0.3) is 0 Å². The van der Waals surface area contributed by atoms with Crippen molar-refractivity contribution >= 4 is 16.6 Å². The Kier molecular flexibility index (Phi) is 6.62. The third kappa shape index (κ3) is 4.78. The van der Waals surface area contributed by atoms with Crippen molar-refractivity contribution in [1.29, 1.82) is 10.5 Å². The van der Waals surface area contributed by atoms with Crippen LogP contribution in [0.2, 0.25) is 0 Å². The molecule has 0 radical (unpaired) electrons. The monoisotopic (exact) mass is 517 g/mol. The number of aryl methyl sites for hydroxylation is 1. The average Bonchev–Trinajstić information content (AvgIpc) is 3.61. The maximum Gasteiger partial charge on any atom is 0.240 e. The van der Waals surface area contributed by atoms with E-state index in [9.17, 15) is 5.26 Å². The summed E-state index contributed by atoms with van der Waals surface area (Å²) in [5, 5.41) is 23.5. The van der Waals surface area contributed by atoms with E-state index in [-0.39, 0.29) is 0 Å². The van der Waals surface area contributed by atoms with E-state index in [0.29, 0.717) is 36.1 Å². The van der Waals surface area contributed by atoms with Crippen molar-refractivity contribution in [2.24, 2.45) is 13.0 Å². The summed E-state index contributed by atoms with van der Waals surface area (Å²) in [7, 11) is 1.87. The number of hydrogen-bond acceptors (Lipinski definition) is 8. The minimum Gasteiger partial charge on any atom is -0.476 e. The lowest BCUT2D eigenvalue weighted by atomic mass is 9.99. The summed E-state index contributed by atoms with van der Waals surface area (Å²) < 4.78 is 10.1. The quantitative estimate of drug-likeness (QED) is 0.315. The molecule has 1 aliphatic rings. The zero-order valence-corrected chi connectivity index (χ0v) is 21.7. The van der Waals surface area contributed by atoms with Crippen LogP contribution in [0.3, 0.4) is 0 Å². The summed E-state index contributed by atoms with van der Waals surface area (Å²) in [5.74, 6) is 0.873. The third-order valence-corrected chi connectivity index (χ3v) is 7.27. The maximum atomic E-state index is 9.32. The van der Waals surface area contributed by atoms with E-state index in [1.54, 1.807) is 35.5 Å². The van der Waals surface area contributed by atoms with Crippen LogP contribution in [0.25, 0.3) is 39.1 Å². The highest BCUT2D eigenvalue weighted by Gasteiger charge is 2.23. The number of aromatic nitrogens is 6. The fourth-order valence-electron chi connectivity index (χ4n) is 5.31. The Morgan fingerprint density at radius 2 is 1.97 bits per heavy atom. The van der Waals surface area contributed by atoms with Gasteiger partial charge in [-0.25, -0.2) is 15.0 Å². The number of nitrogens with zero attached hydrogens (tertiary/aromatic N) is 9. The Morgan fingerprint density at radius 3 is 2.79 bits per heavy atom. The Labute approximate surface area is 225 Å². The van der Waals surface area contributed by atoms with Gasteiger partial charge in [-0.2, -0.15) is 15.6 Å². The summed E-state index contributed by atoms with van der Waals surface area (Å²) in [5.41, 5.74) is 5.42. The van der Waals surface area contributed by atoms with E-state index in [0.717, 1.165) is 65.8 Å². The average molecular weight is 518 g/mol. The molecule has 0 aliphatic carbocycles. The molecule has 0 bridgehead atoms. The van der Waals surface area contributed by atoms with Crippen molar-refractivity contribution in [3.05, 3.63) is 60.8 Å². The third-order valence-electron chi connectivity index (χ3n) is 7.27. The lowest BCUT2D eigenvalue weighted by Crippen LogP contribution is -2.38. The van der Waals surface area contributed by atoms with Crippen molar-refractivity contribution in [3.63, 3.8) is 0 Å². The van der Waals surface area contributed by atoms with Gasteiger partial charge in [0, 0.05) is 55.2 Å². The van der Waals surface area contributed by atoms with E-state index >= 15 is 0 Å². The molecule has 10 heteroatoms. The molecule has 0 unspecified atom stereocenters. The first-order chi connectivity index (χ1) is 19.1. The zero-order valence-electron chi connectivity index (χ0n) is 21.7. The molecule has 194 valence electrons. The fourth-order valence-corrected chi connectivity index (χ4v) is 5.31. The first kappa shape index (κ1) is 24.5. The summed E-state index contributed by atoms with van der Waals surface area (Å²) in [6.45, 7) is 3.27. The maximum absolute atomic E-state index is 9.32. The number of nitriles is 2. The summed E-state index contributed by atoms with van der Waals surface area (Å²) in [6, 6.07) is 13.9. The molecule has 39 heavy (non-hydrogen) atoms. The van der Waals surface area contributed by atoms with Crippen molar-refractivity contribution in [1.82, 2.24) is 34.0 Å². The van der Waals surface area contributed by atoms with E-state index < -0.39 is 0 Å². The largest absolute Gasteiger partial charge is 0.476 e. The Bertz CT molecular complexity index is 1720. The molecule has 0 N–H and O–H groups in total. The number of likely N-dealkylation sites (tertiary alicyclic amines) is 1. The molecule has 1 fully saturated rings. The molecule has 5 aromatic rings. The molecule has 10 nitrogen and oxygen atoms in total. The molecular weight excluding hydrogens is 490 g/mol. The molecule has 0 amide bonds. The van der Waals surface area contributed by atoms with Crippen LogP contribution >= 0.6 is 0 Å². The Balaban J connectivity index is 1.41. The highest BCUT2D eigenvalue weighted by Crippen LogP contribution is 2.36. The highest BCUT2D eigenvalue weighted by atomic mass is 16.5. The normalized spacial score (nSPS) is 15.8. The van der Waals surface area contributed by atoms with Crippen LogP contribution in [0.1, 0.15) is 24.8 Å². The van der Waals surface area contributed by atoms with Gasteiger partial charge in [-0.05, 0) is 37.6 Å². The summed E-state index contributed by atoms with van der Waals surface area (Å²) >= 11 is 0. The van der Waals surface area contributed by atoms with Crippen LogP contribution in [0.5, 0.6) is 5.88 Å². The summed E-state index contributed by atoms with van der Waals surface area (Å²) in [6.07, 6.45) is 9.87. The number of benzene rings is 1. The van der Waals surface area contributed by atoms with Gasteiger partial charge in [-0.1, -0.05) is 12.1 Å². The van der Waals surface area contributed by atoms with Crippen molar-refractivity contribution < 1.29 is 4.74 Å². The molecule has 1 atom stereocenters. The van der Waals surface area contributed by atoms with Crippen LogP contribution in [0, 0.1) is 28.6 Å². The number of piperidine rings is 1. The number of pyridine rings is 1. The van der Waals surface area contributed by atoms with Gasteiger partial charge in [0.05, 0.1) is 54.4 Å². The molecular formula is C29H27N9O. The van der Waals surface area contributed by atoms with Gasteiger partial charge in [-0.15, -0.1) is 0 Å². The van der Waals surface area contributed by atoms with Gasteiger partial charge in [0.15, 0.2) is 5.65 Å². The molecule has 1 saturated heterocycles. The van der Waals surface area contributed by atoms with E-state index in [2.05, 4.69) is 38.2 Å². The number of rotatable bonds is 7. The number of hydrogen-bond donors (Lipinski definition) is 0. The van der Waals surface area contributed by atoms with Crippen molar-refractivity contribution in [2.45, 2.75) is 19.3 Å². The molecule has 1 aromatic carbocycles. The van der Waals surface area contributed by atoms with Crippen molar-refractivity contribution in [3.8, 4) is 40.5 Å². The first-order valence-electron chi connectivity index (χ1n) is 13.0. The van der Waals surface area contributed by atoms with E-state index in [1.165, 1.54) is 0 Å². The van der Waals surface area contributed by atoms with Gasteiger partial charge in [0.2, 0.25) is 5.88 Å². The minimum absolute atomic E-state index is 0.359. The number of ether oxygens (including phenoxy) is 1. The van der Waals surface area contributed by atoms with Crippen LogP contribution in [0.4, 0.5) is 0 Å². The highest BCUT2D eigenvalue weighted by molar-refractivity contribution is 5.86. The minimum atomic E-state index is 0.359. The second kappa shape index (κ2) is 10.5. The van der Waals surface area contributed by atoms with Crippen LogP contribution < -0.4 is 4.74 Å². The second-order valence-electron chi connectivity index (χ2n) is 9.89. The number of fused-ring (bicyclic) bond motifs is 2. The standard InChI is InChI=1S/C29H27N9O/c1-36-28-24(15-34-36)12-23(14-33-28)27-26(22-7-5-20(13-31)6-8-22)35-29(25-16-32-19-38(25)27)39-18-21-4-2-10-37(17-21)11-3-9-30/h5-8,12,14-16,19,21H,2-4,10-11,17-18H2,1H3/t21-/m1/s1. The molecule has 1 aliphatic heterocycles. The van der Waals surface area contributed by atoms with Crippen molar-refractivity contribution in [2.75, 3.05) is 26.2 Å². The SMILES string of the molecule is Cn1ncc2cc(-c3c(-c4ccc(C#N)cc4)nc(OC[C@@H]4CCCN(CCC#N)C4)c4cncn34)cnc21. The second-order valence-corrected chi connectivity index (χ2v) is 9.89. The smallest absolute Gasteiger partial charge is 0.240 e. The number of imidazole rings is 1. The van der Waals surface area contributed by atoms with E-state index in [4.69, 9.17) is 15.0 Å². The predicted octanol–water partition coefficient (Wildman–Crippen LogP) is 4.22. The van der Waals surface area contributed by atoms with Gasteiger partial charge in [0.1, 0.15) is 5.52 Å². The Morgan fingerprint density at radius 1 is 1.10 bits per heavy atom. The van der Waals surface area contributed by atoms with E-state index in [1.807, 2.05) is 29.8 Å².